The molecule has 1 heterocycles. The van der Waals surface area contributed by atoms with Crippen LogP contribution in [0.25, 0.3) is 10.9 Å². The number of aromatic amines is 1. The van der Waals surface area contributed by atoms with Crippen LogP contribution >= 0.6 is 24.0 Å². The number of thiocarbonyl (C=S) groups is 1. The van der Waals surface area contributed by atoms with Crippen molar-refractivity contribution in [3.63, 3.8) is 0 Å². The van der Waals surface area contributed by atoms with E-state index in [9.17, 15) is 4.79 Å². The summed E-state index contributed by atoms with van der Waals surface area (Å²) in [6.07, 6.45) is 1.88. The lowest BCUT2D eigenvalue weighted by molar-refractivity contribution is -0.113. The number of amides is 1. The molecule has 0 bridgehead atoms. The van der Waals surface area contributed by atoms with Crippen LogP contribution in [0.1, 0.15) is 5.56 Å². The number of thioether (sulfide) groups is 1. The summed E-state index contributed by atoms with van der Waals surface area (Å²) < 4.78 is 0. The Morgan fingerprint density at radius 2 is 1.65 bits per heavy atom. The zero-order valence-corrected chi connectivity index (χ0v) is 18.6. The van der Waals surface area contributed by atoms with Gasteiger partial charge in [0.15, 0.2) is 5.11 Å². The summed E-state index contributed by atoms with van der Waals surface area (Å²) >= 11 is 6.88. The van der Waals surface area contributed by atoms with Crippen LogP contribution in [0.15, 0.2) is 83.9 Å². The number of hydrogen-bond donors (Lipinski definition) is 4. The zero-order valence-electron chi connectivity index (χ0n) is 16.9. The van der Waals surface area contributed by atoms with Gasteiger partial charge in [0.05, 0.1) is 5.75 Å². The highest BCUT2D eigenvalue weighted by atomic mass is 32.2. The third kappa shape index (κ3) is 5.87. The number of fused-ring (bicyclic) bond motifs is 1. The molecule has 0 radical (unpaired) electrons. The number of H-pyrrole nitrogens is 1. The van der Waals surface area contributed by atoms with Gasteiger partial charge in [-0.05, 0) is 73.1 Å². The van der Waals surface area contributed by atoms with E-state index in [2.05, 4.69) is 20.9 Å². The van der Waals surface area contributed by atoms with Crippen molar-refractivity contribution in [2.45, 2.75) is 11.8 Å². The normalized spacial score (nSPS) is 10.6. The van der Waals surface area contributed by atoms with Crippen molar-refractivity contribution >= 4 is 63.0 Å². The molecule has 0 atom stereocenters. The van der Waals surface area contributed by atoms with Crippen molar-refractivity contribution < 1.29 is 4.79 Å². The van der Waals surface area contributed by atoms with E-state index in [4.69, 9.17) is 12.2 Å². The summed E-state index contributed by atoms with van der Waals surface area (Å²) in [7, 11) is 0. The molecule has 0 fully saturated rings. The lowest BCUT2D eigenvalue weighted by Crippen LogP contribution is -2.19. The van der Waals surface area contributed by atoms with Crippen molar-refractivity contribution in [2.24, 2.45) is 0 Å². The molecule has 4 N–H and O–H groups in total. The third-order valence-electron chi connectivity index (χ3n) is 4.61. The Hall–Kier alpha value is -3.29. The minimum absolute atomic E-state index is 0.0502. The Morgan fingerprint density at radius 1 is 0.903 bits per heavy atom. The van der Waals surface area contributed by atoms with Gasteiger partial charge in [-0.25, -0.2) is 0 Å². The predicted octanol–water partition coefficient (Wildman–Crippen LogP) is 6.02. The van der Waals surface area contributed by atoms with E-state index in [1.54, 1.807) is 0 Å². The highest BCUT2D eigenvalue weighted by molar-refractivity contribution is 8.00. The molecule has 3 aromatic carbocycles. The van der Waals surface area contributed by atoms with E-state index in [0.717, 1.165) is 32.9 Å². The quantitative estimate of drug-likeness (QED) is 0.216. The highest BCUT2D eigenvalue weighted by Gasteiger charge is 2.06. The van der Waals surface area contributed by atoms with Gasteiger partial charge in [0.2, 0.25) is 5.91 Å². The summed E-state index contributed by atoms with van der Waals surface area (Å²) in [6.45, 7) is 2.05. The number of anilines is 3. The SMILES string of the molecule is Cc1ccc(NC(=S)Nc2cccc(SCC(=O)Nc3ccc4cc[nH]c4c3)c2)cc1. The number of nitrogens with one attached hydrogen (secondary N) is 4. The Balaban J connectivity index is 1.29. The molecule has 0 aliphatic rings. The molecular weight excluding hydrogens is 424 g/mol. The molecule has 156 valence electrons. The van der Waals surface area contributed by atoms with Crippen LogP contribution < -0.4 is 16.0 Å². The first-order valence-corrected chi connectivity index (χ1v) is 11.2. The smallest absolute Gasteiger partial charge is 0.234 e. The Bertz CT molecular complexity index is 1220. The van der Waals surface area contributed by atoms with Gasteiger partial charge in [0.25, 0.3) is 0 Å². The maximum atomic E-state index is 12.4. The van der Waals surface area contributed by atoms with E-state index in [0.29, 0.717) is 10.9 Å². The van der Waals surface area contributed by atoms with E-state index >= 15 is 0 Å². The van der Waals surface area contributed by atoms with Gasteiger partial charge in [-0.2, -0.15) is 0 Å². The molecule has 5 nitrogen and oxygen atoms in total. The Labute approximate surface area is 190 Å². The molecule has 0 spiro atoms. The fraction of sp³-hybridized carbons (Fsp3) is 0.0833. The number of carbonyl (C=O) groups excluding carboxylic acids is 1. The van der Waals surface area contributed by atoms with Crippen LogP contribution in [-0.2, 0) is 4.79 Å². The first-order valence-electron chi connectivity index (χ1n) is 9.80. The van der Waals surface area contributed by atoms with Crippen LogP contribution in [0.3, 0.4) is 0 Å². The lowest BCUT2D eigenvalue weighted by atomic mass is 10.2. The van der Waals surface area contributed by atoms with Crippen LogP contribution in [0.2, 0.25) is 0 Å². The van der Waals surface area contributed by atoms with Crippen LogP contribution in [0, 0.1) is 6.92 Å². The zero-order chi connectivity index (χ0) is 21.6. The fourth-order valence-electron chi connectivity index (χ4n) is 3.07. The molecule has 0 aliphatic carbocycles. The van der Waals surface area contributed by atoms with Crippen LogP contribution in [0.5, 0.6) is 0 Å². The van der Waals surface area contributed by atoms with Gasteiger partial charge in [-0.1, -0.05) is 29.8 Å². The van der Waals surface area contributed by atoms with Gasteiger partial charge in [-0.3, -0.25) is 4.79 Å². The van der Waals surface area contributed by atoms with Crippen molar-refractivity contribution in [2.75, 3.05) is 21.7 Å². The number of aromatic nitrogens is 1. The van der Waals surface area contributed by atoms with Crippen molar-refractivity contribution in [1.29, 1.82) is 0 Å². The summed E-state index contributed by atoms with van der Waals surface area (Å²) in [5, 5.41) is 10.9. The number of hydrogen-bond acceptors (Lipinski definition) is 3. The van der Waals surface area contributed by atoms with Gasteiger partial charge in [0, 0.05) is 33.7 Å². The van der Waals surface area contributed by atoms with Gasteiger partial charge in [-0.15, -0.1) is 11.8 Å². The number of rotatable bonds is 6. The number of carbonyl (C=O) groups is 1. The summed E-state index contributed by atoms with van der Waals surface area (Å²) in [5.74, 6) is 0.268. The van der Waals surface area contributed by atoms with E-state index < -0.39 is 0 Å². The number of aryl methyl sites for hydroxylation is 1. The average Bonchev–Trinajstić information content (AvgIpc) is 3.22. The van der Waals surface area contributed by atoms with E-state index in [1.807, 2.05) is 85.9 Å². The largest absolute Gasteiger partial charge is 0.361 e. The highest BCUT2D eigenvalue weighted by Crippen LogP contribution is 2.23. The molecule has 0 aliphatic heterocycles. The second kappa shape index (κ2) is 9.68. The Kier molecular flexibility index (Phi) is 6.54. The molecule has 1 aromatic heterocycles. The van der Waals surface area contributed by atoms with Gasteiger partial charge < -0.3 is 20.9 Å². The molecule has 0 saturated heterocycles. The summed E-state index contributed by atoms with van der Waals surface area (Å²) in [4.78, 5) is 16.5. The monoisotopic (exact) mass is 446 g/mol. The minimum Gasteiger partial charge on any atom is -0.361 e. The van der Waals surface area contributed by atoms with E-state index in [1.165, 1.54) is 17.3 Å². The second-order valence-electron chi connectivity index (χ2n) is 7.09. The first-order chi connectivity index (χ1) is 15.0. The lowest BCUT2D eigenvalue weighted by Gasteiger charge is -2.12. The van der Waals surface area contributed by atoms with Gasteiger partial charge in [0.1, 0.15) is 0 Å². The molecule has 4 aromatic rings. The molecule has 4 rings (SSSR count). The molecule has 1 amide bonds. The number of benzene rings is 3. The summed E-state index contributed by atoms with van der Waals surface area (Å²) in [5.41, 5.74) is 4.78. The molecular formula is C24H22N4OS2. The summed E-state index contributed by atoms with van der Waals surface area (Å²) in [6, 6.07) is 23.7. The van der Waals surface area contributed by atoms with Crippen LogP contribution in [0.4, 0.5) is 17.1 Å². The average molecular weight is 447 g/mol. The van der Waals surface area contributed by atoms with Crippen LogP contribution in [-0.4, -0.2) is 21.8 Å². The molecule has 31 heavy (non-hydrogen) atoms. The molecule has 0 unspecified atom stereocenters. The molecule has 0 saturated carbocycles. The maximum Gasteiger partial charge on any atom is 0.234 e. The predicted molar refractivity (Wildman–Crippen MR) is 135 cm³/mol. The standard InChI is InChI=1S/C24H22N4OS2/c1-16-5-8-18(9-6-16)27-24(30)28-19-3-2-4-21(13-19)31-15-23(29)26-20-10-7-17-11-12-25-22(17)14-20/h2-14,25H,15H2,1H3,(H,26,29)(H2,27,28,30). The third-order valence-corrected chi connectivity index (χ3v) is 5.81. The fourth-order valence-corrected chi connectivity index (χ4v) is 4.06. The van der Waals surface area contributed by atoms with Crippen molar-refractivity contribution in [3.05, 3.63) is 84.6 Å². The maximum absolute atomic E-state index is 12.4. The minimum atomic E-state index is -0.0502. The topological polar surface area (TPSA) is 68.9 Å². The van der Waals surface area contributed by atoms with Crippen molar-refractivity contribution in [3.8, 4) is 0 Å². The van der Waals surface area contributed by atoms with Crippen molar-refractivity contribution in [1.82, 2.24) is 4.98 Å². The Morgan fingerprint density at radius 3 is 2.48 bits per heavy atom. The molecule has 7 heteroatoms. The second-order valence-corrected chi connectivity index (χ2v) is 8.55. The van der Waals surface area contributed by atoms with E-state index in [-0.39, 0.29) is 5.91 Å². The van der Waals surface area contributed by atoms with Gasteiger partial charge >= 0.3 is 0 Å². The first kappa shape index (κ1) is 21.0.